The molecular formula is C17H24ClNO. The molecule has 3 heteroatoms. The maximum absolute atomic E-state index is 6.61. The second-order valence-corrected chi connectivity index (χ2v) is 6.52. The van der Waals surface area contributed by atoms with Crippen LogP contribution in [0.2, 0.25) is 5.02 Å². The van der Waals surface area contributed by atoms with Crippen LogP contribution in [-0.2, 0) is 19.3 Å². The summed E-state index contributed by atoms with van der Waals surface area (Å²) in [7, 11) is 1.75. The molecule has 110 valence electrons. The van der Waals surface area contributed by atoms with E-state index in [1.807, 2.05) is 0 Å². The summed E-state index contributed by atoms with van der Waals surface area (Å²) in [6, 6.07) is 2.37. The first-order valence-electron chi connectivity index (χ1n) is 7.87. The summed E-state index contributed by atoms with van der Waals surface area (Å²) in [6.07, 6.45) is 8.51. The van der Waals surface area contributed by atoms with Crippen molar-refractivity contribution in [1.29, 1.82) is 0 Å². The van der Waals surface area contributed by atoms with Crippen molar-refractivity contribution >= 4 is 11.6 Å². The summed E-state index contributed by atoms with van der Waals surface area (Å²) in [4.78, 5) is 0. The number of methoxy groups -OCH3 is 1. The third-order valence-corrected chi connectivity index (χ3v) is 5.13. The Morgan fingerprint density at radius 1 is 1.30 bits per heavy atom. The van der Waals surface area contributed by atoms with Crippen molar-refractivity contribution in [3.63, 3.8) is 0 Å². The standard InChI is InChI=1S/C17H24ClNO/c1-20-17-14(9-12-5-4-8-19-11-12)10-13-6-2-3-7-15(13)16(17)18/h10,12,19H,2-9,11H2,1H3. The molecule has 1 unspecified atom stereocenters. The van der Waals surface area contributed by atoms with Gasteiger partial charge in [-0.3, -0.25) is 0 Å². The molecule has 2 aliphatic rings. The predicted molar refractivity (Wildman–Crippen MR) is 83.9 cm³/mol. The molecule has 3 rings (SSSR count). The van der Waals surface area contributed by atoms with E-state index in [9.17, 15) is 0 Å². The van der Waals surface area contributed by atoms with Crippen LogP contribution in [0.4, 0.5) is 0 Å². The Bertz CT molecular complexity index is 480. The zero-order valence-corrected chi connectivity index (χ0v) is 13.1. The number of halogens is 1. The molecule has 2 nitrogen and oxygen atoms in total. The van der Waals surface area contributed by atoms with Gasteiger partial charge in [-0.05, 0) is 80.6 Å². The minimum absolute atomic E-state index is 0.718. The topological polar surface area (TPSA) is 21.3 Å². The molecule has 1 fully saturated rings. The van der Waals surface area contributed by atoms with Crippen LogP contribution in [0.1, 0.15) is 42.4 Å². The number of benzene rings is 1. The molecule has 0 radical (unpaired) electrons. The van der Waals surface area contributed by atoms with Crippen molar-refractivity contribution in [2.75, 3.05) is 20.2 Å². The van der Waals surface area contributed by atoms with Gasteiger partial charge in [-0.2, -0.15) is 0 Å². The highest BCUT2D eigenvalue weighted by Gasteiger charge is 2.22. The SMILES string of the molecule is COc1c(CC2CCCNC2)cc2c(c1Cl)CCCC2. The van der Waals surface area contributed by atoms with Crippen LogP contribution in [0, 0.1) is 5.92 Å². The van der Waals surface area contributed by atoms with Crippen LogP contribution in [0.3, 0.4) is 0 Å². The van der Waals surface area contributed by atoms with Crippen molar-refractivity contribution < 1.29 is 4.74 Å². The summed E-state index contributed by atoms with van der Waals surface area (Å²) in [5, 5.41) is 4.37. The highest BCUT2D eigenvalue weighted by atomic mass is 35.5. The molecule has 1 N–H and O–H groups in total. The van der Waals surface area contributed by atoms with E-state index in [0.29, 0.717) is 0 Å². The summed E-state index contributed by atoms with van der Waals surface area (Å²) >= 11 is 6.61. The Morgan fingerprint density at radius 3 is 2.90 bits per heavy atom. The third-order valence-electron chi connectivity index (χ3n) is 4.73. The number of hydrogen-bond acceptors (Lipinski definition) is 2. The van der Waals surface area contributed by atoms with Gasteiger partial charge >= 0.3 is 0 Å². The molecule has 20 heavy (non-hydrogen) atoms. The first-order chi connectivity index (χ1) is 9.79. The molecule has 1 atom stereocenters. The fourth-order valence-corrected chi connectivity index (χ4v) is 4.09. The molecule has 0 aromatic heterocycles. The number of nitrogens with one attached hydrogen (secondary N) is 1. The smallest absolute Gasteiger partial charge is 0.140 e. The van der Waals surface area contributed by atoms with Gasteiger partial charge in [0.05, 0.1) is 12.1 Å². The Kier molecular flexibility index (Phi) is 4.52. The van der Waals surface area contributed by atoms with Gasteiger partial charge in [0.1, 0.15) is 5.75 Å². The summed E-state index contributed by atoms with van der Waals surface area (Å²) in [5.74, 6) is 1.65. The minimum atomic E-state index is 0.718. The largest absolute Gasteiger partial charge is 0.495 e. The minimum Gasteiger partial charge on any atom is -0.495 e. The fourth-order valence-electron chi connectivity index (χ4n) is 3.67. The maximum atomic E-state index is 6.61. The van der Waals surface area contributed by atoms with E-state index in [0.717, 1.165) is 36.1 Å². The van der Waals surface area contributed by atoms with Crippen LogP contribution in [0.25, 0.3) is 0 Å². The van der Waals surface area contributed by atoms with E-state index in [-0.39, 0.29) is 0 Å². The molecule has 0 bridgehead atoms. The number of ether oxygens (including phenoxy) is 1. The van der Waals surface area contributed by atoms with Crippen LogP contribution in [0.15, 0.2) is 6.07 Å². The van der Waals surface area contributed by atoms with Crippen LogP contribution < -0.4 is 10.1 Å². The summed E-state index contributed by atoms with van der Waals surface area (Å²) < 4.78 is 5.63. The summed E-state index contributed by atoms with van der Waals surface area (Å²) in [6.45, 7) is 2.29. The molecule has 0 spiro atoms. The number of fused-ring (bicyclic) bond motifs is 1. The van der Waals surface area contributed by atoms with Crippen LogP contribution >= 0.6 is 11.6 Å². The molecule has 1 heterocycles. The lowest BCUT2D eigenvalue weighted by Crippen LogP contribution is -2.31. The van der Waals surface area contributed by atoms with Crippen LogP contribution in [0.5, 0.6) is 5.75 Å². The van der Waals surface area contributed by atoms with Crippen molar-refractivity contribution in [1.82, 2.24) is 5.32 Å². The first kappa shape index (κ1) is 14.2. The van der Waals surface area contributed by atoms with Gasteiger partial charge in [0.25, 0.3) is 0 Å². The monoisotopic (exact) mass is 293 g/mol. The van der Waals surface area contributed by atoms with Gasteiger partial charge in [-0.15, -0.1) is 0 Å². The summed E-state index contributed by atoms with van der Waals surface area (Å²) in [5.41, 5.74) is 4.10. The fraction of sp³-hybridized carbons (Fsp3) is 0.647. The first-order valence-corrected chi connectivity index (χ1v) is 8.25. The van der Waals surface area contributed by atoms with E-state index < -0.39 is 0 Å². The second kappa shape index (κ2) is 6.36. The van der Waals surface area contributed by atoms with Crippen molar-refractivity contribution in [2.45, 2.75) is 44.9 Å². The molecule has 1 aromatic carbocycles. The zero-order valence-electron chi connectivity index (χ0n) is 12.3. The Morgan fingerprint density at radius 2 is 2.15 bits per heavy atom. The van der Waals surface area contributed by atoms with Gasteiger partial charge in [0.2, 0.25) is 0 Å². The van der Waals surface area contributed by atoms with Gasteiger partial charge < -0.3 is 10.1 Å². The average Bonchev–Trinajstić information content (AvgIpc) is 2.49. The van der Waals surface area contributed by atoms with Gasteiger partial charge in [0.15, 0.2) is 0 Å². The highest BCUT2D eigenvalue weighted by Crippen LogP contribution is 2.39. The molecular weight excluding hydrogens is 270 g/mol. The van der Waals surface area contributed by atoms with E-state index in [2.05, 4.69) is 11.4 Å². The lowest BCUT2D eigenvalue weighted by atomic mass is 9.86. The number of piperidine rings is 1. The quantitative estimate of drug-likeness (QED) is 0.916. The number of aryl methyl sites for hydroxylation is 1. The third kappa shape index (κ3) is 2.82. The number of hydrogen-bond donors (Lipinski definition) is 1. The predicted octanol–water partition coefficient (Wildman–Crippen LogP) is 3.77. The molecule has 0 amide bonds. The molecule has 0 saturated carbocycles. The Labute approximate surface area is 126 Å². The lowest BCUT2D eigenvalue weighted by Gasteiger charge is -2.26. The van der Waals surface area contributed by atoms with Gasteiger partial charge in [-0.25, -0.2) is 0 Å². The van der Waals surface area contributed by atoms with Crippen molar-refractivity contribution in [2.24, 2.45) is 5.92 Å². The number of rotatable bonds is 3. The second-order valence-electron chi connectivity index (χ2n) is 6.14. The highest BCUT2D eigenvalue weighted by molar-refractivity contribution is 6.33. The maximum Gasteiger partial charge on any atom is 0.140 e. The van der Waals surface area contributed by atoms with E-state index in [1.165, 1.54) is 55.3 Å². The van der Waals surface area contributed by atoms with Gasteiger partial charge in [0, 0.05) is 0 Å². The zero-order chi connectivity index (χ0) is 13.9. The van der Waals surface area contributed by atoms with E-state index in [4.69, 9.17) is 16.3 Å². The normalized spacial score (nSPS) is 22.4. The average molecular weight is 294 g/mol. The van der Waals surface area contributed by atoms with Crippen molar-refractivity contribution in [3.05, 3.63) is 27.8 Å². The van der Waals surface area contributed by atoms with Crippen molar-refractivity contribution in [3.8, 4) is 5.75 Å². The molecule has 1 aliphatic heterocycles. The Balaban J connectivity index is 1.90. The van der Waals surface area contributed by atoms with E-state index >= 15 is 0 Å². The molecule has 1 aromatic rings. The molecule has 1 saturated heterocycles. The van der Waals surface area contributed by atoms with Gasteiger partial charge in [-0.1, -0.05) is 17.7 Å². The lowest BCUT2D eigenvalue weighted by molar-refractivity contribution is 0.363. The Hall–Kier alpha value is -0.730. The van der Waals surface area contributed by atoms with Crippen LogP contribution in [-0.4, -0.2) is 20.2 Å². The molecule has 1 aliphatic carbocycles. The van der Waals surface area contributed by atoms with E-state index in [1.54, 1.807) is 7.11 Å².